The van der Waals surface area contributed by atoms with Crippen molar-refractivity contribution >= 4 is 5.96 Å². The van der Waals surface area contributed by atoms with Gasteiger partial charge in [-0.15, -0.1) is 0 Å². The van der Waals surface area contributed by atoms with Gasteiger partial charge in [0.15, 0.2) is 5.96 Å². The molecule has 0 aliphatic carbocycles. The summed E-state index contributed by atoms with van der Waals surface area (Å²) in [6, 6.07) is 14.2. The molecule has 2 aromatic rings. The molecule has 1 unspecified atom stereocenters. The fourth-order valence-electron chi connectivity index (χ4n) is 4.11. The number of ether oxygens (including phenoxy) is 3. The van der Waals surface area contributed by atoms with Crippen LogP contribution in [0.1, 0.15) is 12.0 Å². The van der Waals surface area contributed by atoms with Crippen molar-refractivity contribution < 1.29 is 14.2 Å². The number of rotatable bonds is 8. The summed E-state index contributed by atoms with van der Waals surface area (Å²) in [5.74, 6) is 2.38. The summed E-state index contributed by atoms with van der Waals surface area (Å²) in [5.41, 5.74) is 1.09. The van der Waals surface area contributed by atoms with Crippen LogP contribution in [0.25, 0.3) is 0 Å². The topological polar surface area (TPSA) is 71.5 Å². The number of morpholine rings is 1. The average molecular weight is 440 g/mol. The van der Waals surface area contributed by atoms with E-state index in [9.17, 15) is 0 Å². The third-order valence-electron chi connectivity index (χ3n) is 5.83. The first-order valence-corrected chi connectivity index (χ1v) is 11.3. The lowest BCUT2D eigenvalue weighted by Crippen LogP contribution is -2.46. The molecule has 1 aromatic heterocycles. The van der Waals surface area contributed by atoms with Crippen molar-refractivity contribution in [3.05, 3.63) is 54.2 Å². The monoisotopic (exact) mass is 439 g/mol. The van der Waals surface area contributed by atoms with Crippen LogP contribution in [0.15, 0.2) is 53.7 Å². The summed E-state index contributed by atoms with van der Waals surface area (Å²) in [5, 5.41) is 3.47. The van der Waals surface area contributed by atoms with Crippen molar-refractivity contribution in [1.29, 1.82) is 0 Å². The number of nitrogens with one attached hydrogen (secondary N) is 1. The lowest BCUT2D eigenvalue weighted by atomic mass is 10.2. The first kappa shape index (κ1) is 22.4. The van der Waals surface area contributed by atoms with E-state index in [1.54, 1.807) is 0 Å². The molecule has 4 rings (SSSR count). The third-order valence-corrected chi connectivity index (χ3v) is 5.83. The van der Waals surface area contributed by atoms with E-state index < -0.39 is 0 Å². The van der Waals surface area contributed by atoms with Gasteiger partial charge in [0.2, 0.25) is 5.88 Å². The van der Waals surface area contributed by atoms with E-state index in [2.05, 4.69) is 25.1 Å². The minimum atomic E-state index is 0.450. The maximum atomic E-state index is 5.68. The Balaban J connectivity index is 1.18. The van der Waals surface area contributed by atoms with Gasteiger partial charge < -0.3 is 24.4 Å². The minimum Gasteiger partial charge on any atom is -0.490 e. The first-order valence-electron chi connectivity index (χ1n) is 11.3. The molecule has 8 heteroatoms. The molecule has 0 saturated carbocycles. The zero-order chi connectivity index (χ0) is 22.0. The molecule has 1 aromatic carbocycles. The Bertz CT molecular complexity index is 840. The van der Waals surface area contributed by atoms with E-state index >= 15 is 0 Å². The van der Waals surface area contributed by atoms with Crippen LogP contribution in [0.4, 0.5) is 0 Å². The van der Waals surface area contributed by atoms with E-state index in [1.165, 1.54) is 6.42 Å². The van der Waals surface area contributed by atoms with E-state index in [-0.39, 0.29) is 0 Å². The highest BCUT2D eigenvalue weighted by atomic mass is 16.5. The quantitative estimate of drug-likeness (QED) is 0.383. The molecular formula is C24H33N5O3. The highest BCUT2D eigenvalue weighted by Crippen LogP contribution is 2.17. The van der Waals surface area contributed by atoms with Gasteiger partial charge in [0.1, 0.15) is 19.0 Å². The molecule has 0 bridgehead atoms. The average Bonchev–Trinajstić information content (AvgIpc) is 3.34. The van der Waals surface area contributed by atoms with Crippen LogP contribution in [0.5, 0.6) is 11.6 Å². The normalized spacial score (nSPS) is 19.7. The van der Waals surface area contributed by atoms with E-state index in [0.29, 0.717) is 31.7 Å². The van der Waals surface area contributed by atoms with Gasteiger partial charge in [-0.05, 0) is 24.1 Å². The molecule has 2 fully saturated rings. The van der Waals surface area contributed by atoms with Gasteiger partial charge in [-0.2, -0.15) is 0 Å². The number of nitrogens with zero attached hydrogens (tertiary/aromatic N) is 4. The summed E-state index contributed by atoms with van der Waals surface area (Å²) in [7, 11) is 1.84. The molecule has 0 spiro atoms. The number of likely N-dealkylation sites (tertiary alicyclic amines) is 1. The van der Waals surface area contributed by atoms with Crippen LogP contribution in [0.2, 0.25) is 0 Å². The Hall–Kier alpha value is -2.84. The number of hydrogen-bond donors (Lipinski definition) is 1. The maximum absolute atomic E-state index is 5.68. The molecule has 0 radical (unpaired) electrons. The van der Waals surface area contributed by atoms with E-state index in [0.717, 1.165) is 56.7 Å². The molecule has 2 saturated heterocycles. The van der Waals surface area contributed by atoms with Gasteiger partial charge in [0.25, 0.3) is 0 Å². The third kappa shape index (κ3) is 6.34. The molecule has 3 heterocycles. The van der Waals surface area contributed by atoms with Crippen molar-refractivity contribution in [2.75, 3.05) is 59.7 Å². The second-order valence-corrected chi connectivity index (χ2v) is 7.95. The molecule has 0 amide bonds. The van der Waals surface area contributed by atoms with Crippen LogP contribution in [0.3, 0.4) is 0 Å². The van der Waals surface area contributed by atoms with Gasteiger partial charge in [-0.1, -0.05) is 24.3 Å². The standard InChI is InChI=1S/C24H33N5O3/c1-25-24(29-10-9-21(19-29)28-11-13-30-14-12-28)27-18-20-7-8-23(26-17-20)32-16-15-31-22-5-3-2-4-6-22/h2-8,17,21H,9-16,18-19H2,1H3,(H,25,27). The van der Waals surface area contributed by atoms with Gasteiger partial charge in [-0.25, -0.2) is 4.98 Å². The predicted octanol–water partition coefficient (Wildman–Crippen LogP) is 2.02. The van der Waals surface area contributed by atoms with E-state index in [4.69, 9.17) is 14.2 Å². The minimum absolute atomic E-state index is 0.450. The number of aliphatic imine (C=N–C) groups is 1. The lowest BCUT2D eigenvalue weighted by molar-refractivity contribution is 0.0195. The maximum Gasteiger partial charge on any atom is 0.213 e. The van der Waals surface area contributed by atoms with Crippen molar-refractivity contribution in [1.82, 2.24) is 20.1 Å². The fourth-order valence-corrected chi connectivity index (χ4v) is 4.11. The van der Waals surface area contributed by atoms with Gasteiger partial charge in [0.05, 0.1) is 13.2 Å². The SMILES string of the molecule is CN=C(NCc1ccc(OCCOc2ccccc2)nc1)N1CCC(N2CCOCC2)C1. The molecule has 1 N–H and O–H groups in total. The second-order valence-electron chi connectivity index (χ2n) is 7.95. The Morgan fingerprint density at radius 1 is 1.09 bits per heavy atom. The summed E-state index contributed by atoms with van der Waals surface area (Å²) in [6.45, 7) is 7.39. The van der Waals surface area contributed by atoms with Crippen LogP contribution < -0.4 is 14.8 Å². The number of pyridine rings is 1. The number of hydrogen-bond acceptors (Lipinski definition) is 6. The van der Waals surface area contributed by atoms with Gasteiger partial charge in [0, 0.05) is 58.1 Å². The molecular weight excluding hydrogens is 406 g/mol. The highest BCUT2D eigenvalue weighted by molar-refractivity contribution is 5.80. The zero-order valence-electron chi connectivity index (χ0n) is 18.8. The summed E-state index contributed by atoms with van der Waals surface area (Å²) in [6.07, 6.45) is 3.01. The predicted molar refractivity (Wildman–Crippen MR) is 124 cm³/mol. The largest absolute Gasteiger partial charge is 0.490 e. The molecule has 172 valence electrons. The molecule has 2 aliphatic heterocycles. The first-order chi connectivity index (χ1) is 15.8. The fraction of sp³-hybridized carbons (Fsp3) is 0.500. The summed E-state index contributed by atoms with van der Waals surface area (Å²) >= 11 is 0. The second kappa shape index (κ2) is 11.7. The van der Waals surface area contributed by atoms with Crippen LogP contribution >= 0.6 is 0 Å². The number of benzene rings is 1. The van der Waals surface area contributed by atoms with Crippen LogP contribution in [0, 0.1) is 0 Å². The summed E-state index contributed by atoms with van der Waals surface area (Å²) in [4.78, 5) is 13.8. The highest BCUT2D eigenvalue weighted by Gasteiger charge is 2.30. The number of guanidine groups is 1. The van der Waals surface area contributed by atoms with Crippen molar-refractivity contribution in [2.24, 2.45) is 4.99 Å². The zero-order valence-corrected chi connectivity index (χ0v) is 18.8. The van der Waals surface area contributed by atoms with Crippen LogP contribution in [-0.2, 0) is 11.3 Å². The molecule has 2 aliphatic rings. The number of aromatic nitrogens is 1. The molecule has 8 nitrogen and oxygen atoms in total. The van der Waals surface area contributed by atoms with Crippen molar-refractivity contribution in [3.63, 3.8) is 0 Å². The Morgan fingerprint density at radius 3 is 2.66 bits per heavy atom. The lowest BCUT2D eigenvalue weighted by Gasteiger charge is -2.32. The van der Waals surface area contributed by atoms with E-state index in [1.807, 2.05) is 55.7 Å². The van der Waals surface area contributed by atoms with Crippen molar-refractivity contribution in [2.45, 2.75) is 19.0 Å². The summed E-state index contributed by atoms with van der Waals surface area (Å²) < 4.78 is 16.8. The smallest absolute Gasteiger partial charge is 0.213 e. The van der Waals surface area contributed by atoms with Gasteiger partial charge >= 0.3 is 0 Å². The Kier molecular flexibility index (Phi) is 8.17. The Labute approximate surface area is 190 Å². The van der Waals surface area contributed by atoms with Gasteiger partial charge in [-0.3, -0.25) is 9.89 Å². The number of para-hydroxylation sites is 1. The molecule has 1 atom stereocenters. The van der Waals surface area contributed by atoms with Crippen molar-refractivity contribution in [3.8, 4) is 11.6 Å². The molecule has 32 heavy (non-hydrogen) atoms. The Morgan fingerprint density at radius 2 is 1.91 bits per heavy atom. The van der Waals surface area contributed by atoms with Crippen LogP contribution in [-0.4, -0.2) is 86.4 Å².